The summed E-state index contributed by atoms with van der Waals surface area (Å²) in [6.45, 7) is 8.25. The molecule has 108 valence electrons. The van der Waals surface area contributed by atoms with E-state index in [0.29, 0.717) is 5.56 Å². The van der Waals surface area contributed by atoms with E-state index in [1.54, 1.807) is 17.6 Å². The van der Waals surface area contributed by atoms with Crippen LogP contribution in [-0.2, 0) is 5.41 Å². The van der Waals surface area contributed by atoms with Crippen LogP contribution in [0.3, 0.4) is 0 Å². The molecule has 0 bridgehead atoms. The zero-order valence-electron chi connectivity index (χ0n) is 12.3. The van der Waals surface area contributed by atoms with Gasteiger partial charge in [0.2, 0.25) is 0 Å². The third-order valence-electron chi connectivity index (χ3n) is 3.19. The highest BCUT2D eigenvalue weighted by atomic mass is 16.3. The molecule has 0 fully saturated rings. The first-order chi connectivity index (χ1) is 9.29. The van der Waals surface area contributed by atoms with E-state index in [0.717, 1.165) is 11.1 Å². The molecule has 0 aliphatic carbocycles. The first-order valence-electron chi connectivity index (χ1n) is 6.73. The van der Waals surface area contributed by atoms with Crippen LogP contribution in [0.4, 0.5) is 0 Å². The number of nitrogens with zero attached hydrogens (tertiary/aromatic N) is 2. The van der Waals surface area contributed by atoms with Gasteiger partial charge >= 0.3 is 0 Å². The summed E-state index contributed by atoms with van der Waals surface area (Å²) in [5.41, 5.74) is 2.46. The first-order valence-corrected chi connectivity index (χ1v) is 6.73. The molecule has 1 unspecified atom stereocenters. The molecular weight excluding hydrogens is 254 g/mol. The van der Waals surface area contributed by atoms with E-state index in [2.05, 4.69) is 31.2 Å². The maximum absolute atomic E-state index is 12.1. The average molecular weight is 275 g/mol. The largest absolute Gasteiger partial charge is 0.392 e. The Morgan fingerprint density at radius 1 is 1.50 bits per heavy atom. The fourth-order valence-corrected chi connectivity index (χ4v) is 1.96. The Kier molecular flexibility index (Phi) is 3.81. The van der Waals surface area contributed by atoms with Crippen LogP contribution in [0.5, 0.6) is 0 Å². The smallest absolute Gasteiger partial charge is 0.255 e. The summed E-state index contributed by atoms with van der Waals surface area (Å²) in [5.74, 6) is -0.216. The quantitative estimate of drug-likeness (QED) is 0.896. The number of aliphatic hydroxyl groups excluding tert-OH is 1. The molecule has 0 radical (unpaired) electrons. The van der Waals surface area contributed by atoms with Gasteiger partial charge in [-0.3, -0.25) is 4.79 Å². The van der Waals surface area contributed by atoms with Gasteiger partial charge in [-0.1, -0.05) is 20.8 Å². The van der Waals surface area contributed by atoms with E-state index in [4.69, 9.17) is 0 Å². The molecule has 0 aliphatic rings. The van der Waals surface area contributed by atoms with Crippen molar-refractivity contribution in [2.24, 2.45) is 0 Å². The molecule has 2 heterocycles. The van der Waals surface area contributed by atoms with Crippen LogP contribution in [0.1, 0.15) is 43.6 Å². The molecule has 0 saturated carbocycles. The Hall–Kier alpha value is -1.88. The summed E-state index contributed by atoms with van der Waals surface area (Å²) >= 11 is 0. The van der Waals surface area contributed by atoms with Crippen molar-refractivity contribution in [3.8, 4) is 0 Å². The number of aromatic nitrogens is 2. The number of pyridine rings is 1. The van der Waals surface area contributed by atoms with Gasteiger partial charge in [0.05, 0.1) is 23.4 Å². The SMILES string of the molecule is CC(O)CNC(=O)c1cnn2ccc(C(C)(C)C)cc12. The molecule has 2 N–H and O–H groups in total. The number of hydrogen-bond acceptors (Lipinski definition) is 3. The number of aliphatic hydroxyl groups is 1. The highest BCUT2D eigenvalue weighted by molar-refractivity contribution is 6.00. The second kappa shape index (κ2) is 5.25. The number of carbonyl (C=O) groups is 1. The van der Waals surface area contributed by atoms with E-state index < -0.39 is 6.10 Å². The molecule has 5 heteroatoms. The lowest BCUT2D eigenvalue weighted by atomic mass is 9.87. The van der Waals surface area contributed by atoms with Crippen molar-refractivity contribution >= 4 is 11.4 Å². The Labute approximate surface area is 118 Å². The maximum Gasteiger partial charge on any atom is 0.255 e. The van der Waals surface area contributed by atoms with Crippen LogP contribution in [-0.4, -0.2) is 33.3 Å². The second-order valence-corrected chi connectivity index (χ2v) is 6.11. The van der Waals surface area contributed by atoms with Crippen LogP contribution >= 0.6 is 0 Å². The van der Waals surface area contributed by atoms with Crippen LogP contribution in [0.25, 0.3) is 5.52 Å². The normalized spacial score (nSPS) is 13.4. The fraction of sp³-hybridized carbons (Fsp3) is 0.467. The molecular formula is C15H21N3O2. The Morgan fingerprint density at radius 2 is 2.20 bits per heavy atom. The minimum Gasteiger partial charge on any atom is -0.392 e. The highest BCUT2D eigenvalue weighted by Gasteiger charge is 2.18. The molecule has 0 saturated heterocycles. The summed E-state index contributed by atoms with van der Waals surface area (Å²) in [6.07, 6.45) is 2.85. The number of hydrogen-bond donors (Lipinski definition) is 2. The molecule has 0 aliphatic heterocycles. The van der Waals surface area contributed by atoms with Crippen molar-refractivity contribution < 1.29 is 9.90 Å². The van der Waals surface area contributed by atoms with Crippen molar-refractivity contribution in [3.63, 3.8) is 0 Å². The van der Waals surface area contributed by atoms with Gasteiger partial charge in [0, 0.05) is 12.7 Å². The van der Waals surface area contributed by atoms with E-state index in [1.807, 2.05) is 18.3 Å². The van der Waals surface area contributed by atoms with Crippen LogP contribution < -0.4 is 5.32 Å². The highest BCUT2D eigenvalue weighted by Crippen LogP contribution is 2.24. The number of nitrogens with one attached hydrogen (secondary N) is 1. The van der Waals surface area contributed by atoms with E-state index >= 15 is 0 Å². The standard InChI is InChI=1S/C15H21N3O2/c1-10(19)8-16-14(20)12-9-17-18-6-5-11(7-13(12)18)15(2,3)4/h5-7,9-10,19H,8H2,1-4H3,(H,16,20). The van der Waals surface area contributed by atoms with Crippen molar-refractivity contribution in [1.29, 1.82) is 0 Å². The van der Waals surface area contributed by atoms with E-state index in [9.17, 15) is 9.90 Å². The second-order valence-electron chi connectivity index (χ2n) is 6.11. The minimum atomic E-state index is -0.564. The van der Waals surface area contributed by atoms with Gasteiger partial charge in [0.1, 0.15) is 0 Å². The average Bonchev–Trinajstić information content (AvgIpc) is 2.77. The van der Waals surface area contributed by atoms with E-state index in [-0.39, 0.29) is 17.9 Å². The molecule has 1 amide bonds. The summed E-state index contributed by atoms with van der Waals surface area (Å²) in [4.78, 5) is 12.1. The molecule has 0 aromatic carbocycles. The van der Waals surface area contributed by atoms with Crippen molar-refractivity contribution in [2.75, 3.05) is 6.54 Å². The molecule has 1 atom stereocenters. The van der Waals surface area contributed by atoms with Gasteiger partial charge in [0.25, 0.3) is 5.91 Å². The van der Waals surface area contributed by atoms with E-state index in [1.165, 1.54) is 0 Å². The summed E-state index contributed by atoms with van der Waals surface area (Å²) in [7, 11) is 0. The Bertz CT molecular complexity index is 624. The third kappa shape index (κ3) is 2.99. The van der Waals surface area contributed by atoms with Crippen LogP contribution in [0, 0.1) is 0 Å². The predicted octanol–water partition coefficient (Wildman–Crippen LogP) is 1.74. The molecule has 5 nitrogen and oxygen atoms in total. The molecule has 2 aromatic heterocycles. The zero-order valence-corrected chi connectivity index (χ0v) is 12.3. The zero-order chi connectivity index (χ0) is 14.9. The van der Waals surface area contributed by atoms with Gasteiger partial charge < -0.3 is 10.4 Å². The van der Waals surface area contributed by atoms with Gasteiger partial charge in [-0.15, -0.1) is 0 Å². The third-order valence-corrected chi connectivity index (χ3v) is 3.19. The lowest BCUT2D eigenvalue weighted by Crippen LogP contribution is -2.30. The summed E-state index contributed by atoms with van der Waals surface area (Å²) < 4.78 is 1.69. The Morgan fingerprint density at radius 3 is 2.80 bits per heavy atom. The van der Waals surface area contributed by atoms with Gasteiger partial charge in [-0.25, -0.2) is 4.52 Å². The Balaban J connectivity index is 2.37. The lowest BCUT2D eigenvalue weighted by Gasteiger charge is -2.19. The van der Waals surface area contributed by atoms with Crippen LogP contribution in [0.2, 0.25) is 0 Å². The fourth-order valence-electron chi connectivity index (χ4n) is 1.96. The number of carbonyl (C=O) groups excluding carboxylic acids is 1. The topological polar surface area (TPSA) is 66.6 Å². The van der Waals surface area contributed by atoms with Crippen LogP contribution in [0.15, 0.2) is 24.5 Å². The van der Waals surface area contributed by atoms with Gasteiger partial charge in [0.15, 0.2) is 0 Å². The van der Waals surface area contributed by atoms with Crippen molar-refractivity contribution in [2.45, 2.75) is 39.2 Å². The molecule has 20 heavy (non-hydrogen) atoms. The van der Waals surface area contributed by atoms with Crippen molar-refractivity contribution in [1.82, 2.24) is 14.9 Å². The summed E-state index contributed by atoms with van der Waals surface area (Å²) in [5, 5.41) is 16.1. The maximum atomic E-state index is 12.1. The molecule has 2 aromatic rings. The predicted molar refractivity (Wildman–Crippen MR) is 77.9 cm³/mol. The number of amides is 1. The minimum absolute atomic E-state index is 0.0133. The summed E-state index contributed by atoms with van der Waals surface area (Å²) in [6, 6.07) is 4.00. The molecule has 2 rings (SSSR count). The van der Waals surface area contributed by atoms with Crippen molar-refractivity contribution in [3.05, 3.63) is 35.7 Å². The molecule has 0 spiro atoms. The van der Waals surface area contributed by atoms with Gasteiger partial charge in [-0.2, -0.15) is 5.10 Å². The number of fused-ring (bicyclic) bond motifs is 1. The monoisotopic (exact) mass is 275 g/mol. The first kappa shape index (κ1) is 14.5. The van der Waals surface area contributed by atoms with Gasteiger partial charge in [-0.05, 0) is 30.0 Å². The number of rotatable bonds is 3. The lowest BCUT2D eigenvalue weighted by molar-refractivity contribution is 0.0925.